The smallest absolute Gasteiger partial charge is 0.109 e. The van der Waals surface area contributed by atoms with Crippen molar-refractivity contribution in [1.29, 1.82) is 0 Å². The topological polar surface area (TPSA) is 6.48 Å². The Bertz CT molecular complexity index is 381. The summed E-state index contributed by atoms with van der Waals surface area (Å²) in [4.78, 5) is 5.65. The molecule has 0 amide bonds. The molecule has 0 saturated carbocycles. The summed E-state index contributed by atoms with van der Waals surface area (Å²) >= 11 is 5.55. The van der Waals surface area contributed by atoms with Gasteiger partial charge in [-0.2, -0.15) is 0 Å². The average molecular weight is 234 g/mol. The largest absolute Gasteiger partial charge is 0.360 e. The van der Waals surface area contributed by atoms with Gasteiger partial charge in [0.2, 0.25) is 0 Å². The minimum absolute atomic E-state index is 0.997. The fourth-order valence-electron chi connectivity index (χ4n) is 1.97. The van der Waals surface area contributed by atoms with Gasteiger partial charge >= 0.3 is 0 Å². The number of aryl methyl sites for hydroxylation is 1. The zero-order valence-corrected chi connectivity index (χ0v) is 10.8. The monoisotopic (exact) mass is 234 g/mol. The fourth-order valence-corrected chi connectivity index (χ4v) is 2.28. The number of hydrogen-bond acceptors (Lipinski definition) is 2. The molecule has 1 heterocycles. The molecule has 0 aliphatic carbocycles. The first kappa shape index (κ1) is 11.6. The number of likely N-dealkylation sites (N-methyl/N-ethyl adjacent to an activating group) is 1. The van der Waals surface area contributed by atoms with Crippen molar-refractivity contribution in [2.45, 2.75) is 6.92 Å². The van der Waals surface area contributed by atoms with Gasteiger partial charge in [0, 0.05) is 31.7 Å². The molecule has 1 saturated heterocycles. The average Bonchev–Trinajstić information content (AvgIpc) is 2.29. The zero-order chi connectivity index (χ0) is 11.5. The van der Waals surface area contributed by atoms with Gasteiger partial charge in [-0.25, -0.2) is 0 Å². The number of hydrogen-bond donors (Lipinski definition) is 0. The van der Waals surface area contributed by atoms with Crippen molar-refractivity contribution >= 4 is 17.2 Å². The van der Waals surface area contributed by atoms with Crippen molar-refractivity contribution in [3.05, 3.63) is 35.4 Å². The van der Waals surface area contributed by atoms with Crippen LogP contribution >= 0.6 is 12.2 Å². The number of benzene rings is 1. The van der Waals surface area contributed by atoms with E-state index in [1.54, 1.807) is 0 Å². The normalized spacial score (nSPS) is 17.5. The molecule has 0 spiro atoms. The molecule has 0 atom stereocenters. The van der Waals surface area contributed by atoms with Gasteiger partial charge < -0.3 is 9.80 Å². The van der Waals surface area contributed by atoms with Gasteiger partial charge in [-0.3, -0.25) is 0 Å². The van der Waals surface area contributed by atoms with E-state index in [4.69, 9.17) is 12.2 Å². The van der Waals surface area contributed by atoms with Crippen LogP contribution in [0.5, 0.6) is 0 Å². The van der Waals surface area contributed by atoms with E-state index in [2.05, 4.69) is 48.0 Å². The second-order valence-corrected chi connectivity index (χ2v) is 4.85. The van der Waals surface area contributed by atoms with Crippen LogP contribution in [0.15, 0.2) is 24.3 Å². The maximum absolute atomic E-state index is 5.55. The molecular weight excluding hydrogens is 216 g/mol. The summed E-state index contributed by atoms with van der Waals surface area (Å²) in [7, 11) is 2.16. The summed E-state index contributed by atoms with van der Waals surface area (Å²) < 4.78 is 0. The lowest BCUT2D eigenvalue weighted by Gasteiger charge is -2.34. The van der Waals surface area contributed by atoms with Crippen LogP contribution in [0.2, 0.25) is 0 Å². The first-order valence-electron chi connectivity index (χ1n) is 5.71. The van der Waals surface area contributed by atoms with E-state index in [1.807, 2.05) is 0 Å². The van der Waals surface area contributed by atoms with Crippen molar-refractivity contribution in [1.82, 2.24) is 9.80 Å². The maximum atomic E-state index is 5.55. The molecule has 1 aliphatic heterocycles. The van der Waals surface area contributed by atoms with Crippen LogP contribution in [0.4, 0.5) is 0 Å². The molecule has 16 heavy (non-hydrogen) atoms. The van der Waals surface area contributed by atoms with Crippen LogP contribution in [0.25, 0.3) is 0 Å². The van der Waals surface area contributed by atoms with Gasteiger partial charge in [-0.05, 0) is 20.0 Å². The Morgan fingerprint density at radius 3 is 2.50 bits per heavy atom. The van der Waals surface area contributed by atoms with E-state index >= 15 is 0 Å². The first-order valence-corrected chi connectivity index (χ1v) is 6.12. The third-order valence-electron chi connectivity index (χ3n) is 3.06. The van der Waals surface area contributed by atoms with Crippen LogP contribution < -0.4 is 0 Å². The predicted octanol–water partition coefficient (Wildman–Crippen LogP) is 1.92. The van der Waals surface area contributed by atoms with Crippen LogP contribution in [0, 0.1) is 6.92 Å². The zero-order valence-electron chi connectivity index (χ0n) is 9.94. The summed E-state index contributed by atoms with van der Waals surface area (Å²) in [5, 5.41) is 0. The standard InChI is InChI=1S/C13H18N2S/c1-11-4-3-5-12(10-11)13(16)15-8-6-14(2)7-9-15/h3-5,10H,6-9H2,1-2H3. The Labute approximate surface area is 103 Å². The summed E-state index contributed by atoms with van der Waals surface area (Å²) in [6.45, 7) is 6.40. The van der Waals surface area contributed by atoms with Crippen LogP contribution in [0.3, 0.4) is 0 Å². The first-order chi connectivity index (χ1) is 7.66. The van der Waals surface area contributed by atoms with Crippen molar-refractivity contribution < 1.29 is 0 Å². The Morgan fingerprint density at radius 1 is 1.19 bits per heavy atom. The van der Waals surface area contributed by atoms with Gasteiger partial charge in [0.25, 0.3) is 0 Å². The van der Waals surface area contributed by atoms with Gasteiger partial charge in [0.05, 0.1) is 0 Å². The maximum Gasteiger partial charge on any atom is 0.109 e. The molecule has 3 heteroatoms. The van der Waals surface area contributed by atoms with E-state index in [-0.39, 0.29) is 0 Å². The van der Waals surface area contributed by atoms with E-state index < -0.39 is 0 Å². The third kappa shape index (κ3) is 2.60. The third-order valence-corrected chi connectivity index (χ3v) is 3.55. The van der Waals surface area contributed by atoms with Crippen molar-refractivity contribution in [3.63, 3.8) is 0 Å². The summed E-state index contributed by atoms with van der Waals surface area (Å²) in [5.41, 5.74) is 2.45. The molecule has 0 unspecified atom stereocenters. The molecule has 1 aromatic rings. The molecule has 1 fully saturated rings. The highest BCUT2D eigenvalue weighted by Crippen LogP contribution is 2.11. The fraction of sp³-hybridized carbons (Fsp3) is 0.462. The van der Waals surface area contributed by atoms with Gasteiger partial charge in [-0.1, -0.05) is 36.0 Å². The molecule has 0 bridgehead atoms. The van der Waals surface area contributed by atoms with Crippen molar-refractivity contribution in [2.75, 3.05) is 33.2 Å². The van der Waals surface area contributed by atoms with E-state index in [0.717, 1.165) is 31.2 Å². The number of thiocarbonyl (C=S) groups is 1. The summed E-state index contributed by atoms with van der Waals surface area (Å²) in [6, 6.07) is 8.46. The highest BCUT2D eigenvalue weighted by molar-refractivity contribution is 7.80. The Morgan fingerprint density at radius 2 is 1.88 bits per heavy atom. The Balaban J connectivity index is 2.08. The quantitative estimate of drug-likeness (QED) is 0.686. The van der Waals surface area contributed by atoms with Crippen LogP contribution in [-0.4, -0.2) is 48.0 Å². The number of piperazine rings is 1. The molecule has 2 nitrogen and oxygen atoms in total. The highest BCUT2D eigenvalue weighted by Gasteiger charge is 2.17. The lowest BCUT2D eigenvalue weighted by atomic mass is 10.1. The molecule has 1 aromatic carbocycles. The van der Waals surface area contributed by atoms with E-state index in [1.165, 1.54) is 11.1 Å². The lowest BCUT2D eigenvalue weighted by molar-refractivity contribution is 0.218. The van der Waals surface area contributed by atoms with Gasteiger partial charge in [-0.15, -0.1) is 0 Å². The molecule has 1 aliphatic rings. The molecule has 86 valence electrons. The van der Waals surface area contributed by atoms with Crippen LogP contribution in [-0.2, 0) is 0 Å². The van der Waals surface area contributed by atoms with Crippen molar-refractivity contribution in [3.8, 4) is 0 Å². The van der Waals surface area contributed by atoms with Gasteiger partial charge in [0.15, 0.2) is 0 Å². The molecule has 0 aromatic heterocycles. The summed E-state index contributed by atoms with van der Waals surface area (Å²) in [5.74, 6) is 0. The van der Waals surface area contributed by atoms with Gasteiger partial charge in [0.1, 0.15) is 4.99 Å². The molecule has 0 N–H and O–H groups in total. The highest BCUT2D eigenvalue weighted by atomic mass is 32.1. The molecule has 2 rings (SSSR count). The molecule has 0 radical (unpaired) electrons. The summed E-state index contributed by atoms with van der Waals surface area (Å²) in [6.07, 6.45) is 0. The molecular formula is C13H18N2S. The Kier molecular flexibility index (Phi) is 3.56. The van der Waals surface area contributed by atoms with Crippen LogP contribution in [0.1, 0.15) is 11.1 Å². The number of rotatable bonds is 1. The minimum Gasteiger partial charge on any atom is -0.360 e. The van der Waals surface area contributed by atoms with Crippen molar-refractivity contribution in [2.24, 2.45) is 0 Å². The minimum atomic E-state index is 0.997. The van der Waals surface area contributed by atoms with E-state index in [0.29, 0.717) is 0 Å². The SMILES string of the molecule is Cc1cccc(C(=S)N2CCN(C)CC2)c1. The second-order valence-electron chi connectivity index (χ2n) is 4.46. The lowest BCUT2D eigenvalue weighted by Crippen LogP contribution is -2.46. The second kappa shape index (κ2) is 4.93. The predicted molar refractivity (Wildman–Crippen MR) is 71.9 cm³/mol. The Hall–Kier alpha value is -0.930. The number of nitrogens with zero attached hydrogens (tertiary/aromatic N) is 2. The van der Waals surface area contributed by atoms with E-state index in [9.17, 15) is 0 Å².